The predicted octanol–water partition coefficient (Wildman–Crippen LogP) is 0.248. The maximum Gasteiger partial charge on any atom is 1.00 e. The van der Waals surface area contributed by atoms with Gasteiger partial charge in [0.1, 0.15) is 0 Å². The van der Waals surface area contributed by atoms with Gasteiger partial charge in [0.05, 0.1) is 13.2 Å². The first-order valence-corrected chi connectivity index (χ1v) is 12.4. The summed E-state index contributed by atoms with van der Waals surface area (Å²) in [6.45, 7) is 3.47. The van der Waals surface area contributed by atoms with Gasteiger partial charge < -0.3 is 23.4 Å². The molecule has 11 heteroatoms. The largest absolute Gasteiger partial charge is 1.00 e. The molecule has 0 fully saturated rings. The van der Waals surface area contributed by atoms with Crippen LogP contribution in [-0.2, 0) is 18.2 Å². The number of hydrogen-bond donors (Lipinski definition) is 2. The van der Waals surface area contributed by atoms with Gasteiger partial charge in [-0.25, -0.2) is 0 Å². The van der Waals surface area contributed by atoms with E-state index in [1.54, 1.807) is 25.6 Å². The Morgan fingerprint density at radius 2 is 1.73 bits per heavy atom. The van der Waals surface area contributed by atoms with Crippen LogP contribution in [0.15, 0.2) is 35.2 Å². The fourth-order valence-electron chi connectivity index (χ4n) is 2.11. The van der Waals surface area contributed by atoms with Gasteiger partial charge in [-0.05, 0) is 51.1 Å². The van der Waals surface area contributed by atoms with E-state index in [1.165, 1.54) is 4.90 Å². The summed E-state index contributed by atoms with van der Waals surface area (Å²) >= 11 is 1.71. The van der Waals surface area contributed by atoms with Crippen LogP contribution in [0.2, 0.25) is 0 Å². The van der Waals surface area contributed by atoms with Crippen LogP contribution in [0.1, 0.15) is 26.7 Å². The Hall–Kier alpha value is 0.830. The molecule has 26 heavy (non-hydrogen) atoms. The van der Waals surface area contributed by atoms with Gasteiger partial charge in [-0.2, -0.15) is 0 Å². The van der Waals surface area contributed by atoms with E-state index in [1.807, 2.05) is 30.3 Å². The molecule has 2 atom stereocenters. The average Bonchev–Trinajstić information content (AvgIpc) is 2.54. The summed E-state index contributed by atoms with van der Waals surface area (Å²) in [5.74, 6) is 0.874. The first-order chi connectivity index (χ1) is 11.8. The number of nitrogens with one attached hydrogen (secondary N) is 1. The molecule has 0 aromatic heterocycles. The van der Waals surface area contributed by atoms with Crippen molar-refractivity contribution in [3.8, 4) is 0 Å². The van der Waals surface area contributed by atoms with Gasteiger partial charge in [-0.3, -0.25) is 9.88 Å². The number of hydrogen-bond acceptors (Lipinski definition) is 7. The van der Waals surface area contributed by atoms with Gasteiger partial charge in [0.15, 0.2) is 13.1 Å². The molecule has 0 aliphatic rings. The van der Waals surface area contributed by atoms with Crippen molar-refractivity contribution in [2.45, 2.75) is 37.1 Å². The Bertz CT molecular complexity index is 579. The molecular formula is C15H26NNaO6P2S. The topological polar surface area (TPSA) is 108 Å². The molecule has 1 rings (SSSR count). The predicted molar refractivity (Wildman–Crippen MR) is 98.9 cm³/mol. The van der Waals surface area contributed by atoms with E-state index in [0.29, 0.717) is 6.42 Å². The van der Waals surface area contributed by atoms with E-state index in [4.69, 9.17) is 9.05 Å². The van der Waals surface area contributed by atoms with E-state index in [2.05, 4.69) is 5.32 Å². The third kappa shape index (κ3) is 9.85. The zero-order valence-corrected chi connectivity index (χ0v) is 20.1. The molecule has 0 aliphatic heterocycles. The van der Waals surface area contributed by atoms with Gasteiger partial charge in [0.25, 0.3) is 0 Å². The summed E-state index contributed by atoms with van der Waals surface area (Å²) in [4.78, 5) is 22.2. The zero-order chi connectivity index (χ0) is 18.8. The van der Waals surface area contributed by atoms with Crippen LogP contribution in [0, 0.1) is 0 Å². The fourth-order valence-corrected chi connectivity index (χ4v) is 6.66. The Morgan fingerprint density at radius 1 is 1.15 bits per heavy atom. The summed E-state index contributed by atoms with van der Waals surface area (Å²) in [5.41, 5.74) is -1.75. The van der Waals surface area contributed by atoms with Crippen LogP contribution in [0.3, 0.4) is 0 Å². The molecule has 0 spiro atoms. The van der Waals surface area contributed by atoms with E-state index in [9.17, 15) is 18.9 Å². The molecule has 0 radical (unpaired) electrons. The van der Waals surface area contributed by atoms with E-state index < -0.39 is 20.7 Å². The molecular weight excluding hydrogens is 407 g/mol. The van der Waals surface area contributed by atoms with E-state index in [0.717, 1.165) is 12.2 Å². The third-order valence-corrected chi connectivity index (χ3v) is 8.78. The third-order valence-electron chi connectivity index (χ3n) is 3.14. The monoisotopic (exact) mass is 433 g/mol. The molecule has 2 N–H and O–H groups in total. The molecule has 2 unspecified atom stereocenters. The van der Waals surface area contributed by atoms with Crippen molar-refractivity contribution in [3.05, 3.63) is 30.3 Å². The second kappa shape index (κ2) is 13.9. The number of thioether (sulfide) groups is 1. The Labute approximate surface area is 182 Å². The zero-order valence-electron chi connectivity index (χ0n) is 15.5. The second-order valence-corrected chi connectivity index (χ2v) is 10.5. The SMILES string of the molecule is CCOP(=O)(OCC)C(NCCCCSc1ccccc1)P(=O)([O-])O.[Na+]. The molecule has 144 valence electrons. The fraction of sp³-hybridized carbons (Fsp3) is 0.600. The van der Waals surface area contributed by atoms with E-state index in [-0.39, 0.29) is 49.3 Å². The van der Waals surface area contributed by atoms with Gasteiger partial charge in [0.2, 0.25) is 0 Å². The van der Waals surface area contributed by atoms with Crippen LogP contribution in [0.4, 0.5) is 0 Å². The van der Waals surface area contributed by atoms with Gasteiger partial charge in [-0.1, -0.05) is 18.2 Å². The molecule has 7 nitrogen and oxygen atoms in total. The quantitative estimate of drug-likeness (QED) is 0.197. The molecule has 0 heterocycles. The Balaban J connectivity index is 0.00000625. The molecule has 0 saturated carbocycles. The minimum atomic E-state index is -4.94. The van der Waals surface area contributed by atoms with Crippen molar-refractivity contribution in [2.24, 2.45) is 0 Å². The van der Waals surface area contributed by atoms with Crippen LogP contribution in [0.25, 0.3) is 0 Å². The standard InChI is InChI=1S/C15H27NO6P2S.Na/c1-3-21-24(20,22-4-2)15(23(17,18)19)16-12-8-9-13-25-14-10-6-5-7-11-14;/h5-7,10-11,15-16H,3-4,8-9,12-13H2,1-2H3,(H2,17,18,19);/q;+1/p-1. The first kappa shape index (κ1) is 26.8. The number of unbranched alkanes of at least 4 members (excludes halogenated alkanes) is 1. The summed E-state index contributed by atoms with van der Waals surface area (Å²) in [7, 11) is -8.94. The number of benzene rings is 1. The summed E-state index contributed by atoms with van der Waals surface area (Å²) in [5, 5.41) is 2.62. The molecule has 1 aromatic rings. The van der Waals surface area contributed by atoms with Crippen molar-refractivity contribution in [1.82, 2.24) is 5.32 Å². The van der Waals surface area contributed by atoms with Gasteiger partial charge >= 0.3 is 37.2 Å². The van der Waals surface area contributed by atoms with Crippen LogP contribution < -0.4 is 39.8 Å². The summed E-state index contributed by atoms with van der Waals surface area (Å²) < 4.78 is 34.3. The van der Waals surface area contributed by atoms with Crippen molar-refractivity contribution >= 4 is 27.0 Å². The van der Waals surface area contributed by atoms with Crippen molar-refractivity contribution < 1.29 is 57.5 Å². The molecule has 1 aromatic carbocycles. The van der Waals surface area contributed by atoms with Crippen molar-refractivity contribution in [1.29, 1.82) is 0 Å². The second-order valence-electron chi connectivity index (χ2n) is 5.14. The van der Waals surface area contributed by atoms with Gasteiger partial charge in [0, 0.05) is 4.90 Å². The first-order valence-electron chi connectivity index (χ1n) is 8.17. The maximum atomic E-state index is 12.6. The van der Waals surface area contributed by atoms with Gasteiger partial charge in [-0.15, -0.1) is 11.8 Å². The van der Waals surface area contributed by atoms with E-state index >= 15 is 0 Å². The van der Waals surface area contributed by atoms with Crippen LogP contribution in [0.5, 0.6) is 0 Å². The molecule has 0 bridgehead atoms. The van der Waals surface area contributed by atoms with Crippen molar-refractivity contribution in [3.63, 3.8) is 0 Å². The molecule has 0 amide bonds. The number of rotatable bonds is 13. The average molecular weight is 433 g/mol. The maximum absolute atomic E-state index is 12.6. The molecule has 0 saturated heterocycles. The summed E-state index contributed by atoms with van der Waals surface area (Å²) in [6, 6.07) is 9.96. The minimum absolute atomic E-state index is 0. The summed E-state index contributed by atoms with van der Waals surface area (Å²) in [6.07, 6.45) is 1.50. The van der Waals surface area contributed by atoms with Crippen LogP contribution in [-0.4, -0.2) is 35.9 Å². The Morgan fingerprint density at radius 3 is 2.23 bits per heavy atom. The molecule has 0 aliphatic carbocycles. The Kier molecular flexibility index (Phi) is 14.4. The smallest absolute Gasteiger partial charge is 0.777 e. The minimum Gasteiger partial charge on any atom is -0.777 e. The normalized spacial score (nSPS) is 15.1. The van der Waals surface area contributed by atoms with Crippen molar-refractivity contribution in [2.75, 3.05) is 25.5 Å². The van der Waals surface area contributed by atoms with Crippen LogP contribution >= 0.6 is 27.0 Å².